The van der Waals surface area contributed by atoms with Gasteiger partial charge in [-0.3, -0.25) is 9.59 Å². The van der Waals surface area contributed by atoms with Crippen molar-refractivity contribution in [3.8, 4) is 0 Å². The first-order valence-electron chi connectivity index (χ1n) is 10.1. The molecule has 2 aromatic carbocycles. The number of carboxylic acids is 1. The van der Waals surface area contributed by atoms with Gasteiger partial charge in [-0.2, -0.15) is 0 Å². The van der Waals surface area contributed by atoms with Crippen LogP contribution in [0.2, 0.25) is 0 Å². The van der Waals surface area contributed by atoms with Crippen LogP contribution in [0.5, 0.6) is 0 Å². The number of halogens is 2. The average molecular weight is 434 g/mol. The number of hydrogen-bond acceptors (Lipinski definition) is 4. The zero-order valence-corrected chi connectivity index (χ0v) is 17.6. The van der Waals surface area contributed by atoms with Crippen LogP contribution >= 0.6 is 0 Å². The number of carboxylic acid groups (broad SMARTS) is 1. The van der Waals surface area contributed by atoms with E-state index >= 15 is 0 Å². The molecule has 0 heterocycles. The lowest BCUT2D eigenvalue weighted by molar-refractivity contribution is -0.137. The van der Waals surface area contributed by atoms with Crippen molar-refractivity contribution >= 4 is 11.9 Å². The van der Waals surface area contributed by atoms with Gasteiger partial charge in [-0.15, -0.1) is 0 Å². The molecule has 0 aliphatic rings. The Morgan fingerprint density at radius 3 is 2.32 bits per heavy atom. The summed E-state index contributed by atoms with van der Waals surface area (Å²) < 4.78 is 27.0. The molecule has 4 N–H and O–H groups in total. The number of hydrogen-bond donors (Lipinski definition) is 4. The van der Waals surface area contributed by atoms with Gasteiger partial charge >= 0.3 is 5.97 Å². The van der Waals surface area contributed by atoms with Crippen LogP contribution in [0.25, 0.3) is 0 Å². The van der Waals surface area contributed by atoms with Gasteiger partial charge in [0.1, 0.15) is 11.6 Å². The normalized spacial score (nSPS) is 14.0. The number of aliphatic hydroxyl groups is 1. The third kappa shape index (κ3) is 8.07. The second-order valence-electron chi connectivity index (χ2n) is 7.51. The SMILES string of the molecule is CCc1cccc(C(CC(=O)O)NC[C@@H](O)[C@H](Cc2cc(F)cc(F)c2)NC(C)=O)c1. The highest BCUT2D eigenvalue weighted by Crippen LogP contribution is 2.19. The third-order valence-corrected chi connectivity index (χ3v) is 4.94. The average Bonchev–Trinajstić information content (AvgIpc) is 2.69. The van der Waals surface area contributed by atoms with E-state index in [2.05, 4.69) is 10.6 Å². The molecule has 0 radical (unpaired) electrons. The van der Waals surface area contributed by atoms with Gasteiger partial charge in [0, 0.05) is 25.6 Å². The smallest absolute Gasteiger partial charge is 0.305 e. The van der Waals surface area contributed by atoms with E-state index in [9.17, 15) is 28.6 Å². The van der Waals surface area contributed by atoms with Crippen molar-refractivity contribution in [2.45, 2.75) is 51.3 Å². The summed E-state index contributed by atoms with van der Waals surface area (Å²) >= 11 is 0. The van der Waals surface area contributed by atoms with Crippen molar-refractivity contribution in [1.29, 1.82) is 0 Å². The standard InChI is InChI=1S/C23H28F2N2O4/c1-3-15-5-4-6-17(7-15)20(12-23(30)31)26-13-22(29)21(27-14(2)28)10-16-8-18(24)11-19(25)9-16/h4-9,11,20-22,26,29H,3,10,12-13H2,1-2H3,(H,27,28)(H,30,31)/t20?,21-,22+/m0/s1. The van der Waals surface area contributed by atoms with E-state index in [1.165, 1.54) is 6.92 Å². The van der Waals surface area contributed by atoms with Crippen molar-refractivity contribution in [2.24, 2.45) is 0 Å². The lowest BCUT2D eigenvalue weighted by Crippen LogP contribution is -2.48. The van der Waals surface area contributed by atoms with Crippen LogP contribution in [0.3, 0.4) is 0 Å². The van der Waals surface area contributed by atoms with Crippen LogP contribution in [-0.2, 0) is 22.4 Å². The van der Waals surface area contributed by atoms with E-state index in [1.54, 1.807) is 0 Å². The molecule has 0 aliphatic carbocycles. The minimum atomic E-state index is -1.12. The largest absolute Gasteiger partial charge is 0.481 e. The lowest BCUT2D eigenvalue weighted by Gasteiger charge is -2.26. The van der Waals surface area contributed by atoms with E-state index in [0.717, 1.165) is 35.7 Å². The first kappa shape index (κ1) is 24.4. The molecule has 0 aromatic heterocycles. The molecule has 0 bridgehead atoms. The summed E-state index contributed by atoms with van der Waals surface area (Å²) in [5.41, 5.74) is 2.12. The van der Waals surface area contributed by atoms with Gasteiger partial charge in [-0.05, 0) is 41.7 Å². The number of carbonyl (C=O) groups excluding carboxylic acids is 1. The van der Waals surface area contributed by atoms with Crippen LogP contribution in [-0.4, -0.2) is 40.8 Å². The van der Waals surface area contributed by atoms with Crippen LogP contribution in [0.1, 0.15) is 43.0 Å². The first-order chi connectivity index (χ1) is 14.7. The third-order valence-electron chi connectivity index (χ3n) is 4.94. The Morgan fingerprint density at radius 1 is 1.06 bits per heavy atom. The molecule has 1 amide bonds. The molecule has 2 aromatic rings. The molecule has 0 saturated heterocycles. The van der Waals surface area contributed by atoms with E-state index in [-0.39, 0.29) is 24.9 Å². The van der Waals surface area contributed by atoms with Crippen LogP contribution in [0.15, 0.2) is 42.5 Å². The van der Waals surface area contributed by atoms with Gasteiger partial charge < -0.3 is 20.8 Å². The zero-order valence-electron chi connectivity index (χ0n) is 17.6. The fourth-order valence-electron chi connectivity index (χ4n) is 3.44. The number of aliphatic carboxylic acids is 1. The Morgan fingerprint density at radius 2 is 1.74 bits per heavy atom. The van der Waals surface area contributed by atoms with E-state index in [0.29, 0.717) is 0 Å². The minimum absolute atomic E-state index is 0.00598. The molecule has 2 rings (SSSR count). The topological polar surface area (TPSA) is 98.7 Å². The minimum Gasteiger partial charge on any atom is -0.481 e. The number of rotatable bonds is 11. The van der Waals surface area contributed by atoms with Crippen LogP contribution in [0.4, 0.5) is 8.78 Å². The zero-order chi connectivity index (χ0) is 23.0. The van der Waals surface area contributed by atoms with Crippen LogP contribution < -0.4 is 10.6 Å². The second kappa shape index (κ2) is 11.5. The molecular formula is C23H28F2N2O4. The Balaban J connectivity index is 2.14. The Bertz CT molecular complexity index is 887. The second-order valence-corrected chi connectivity index (χ2v) is 7.51. The summed E-state index contributed by atoms with van der Waals surface area (Å²) in [6, 6.07) is 9.17. The molecule has 3 atom stereocenters. The molecule has 168 valence electrons. The highest BCUT2D eigenvalue weighted by atomic mass is 19.1. The molecule has 0 spiro atoms. The molecule has 8 heteroatoms. The molecular weight excluding hydrogens is 406 g/mol. The number of benzene rings is 2. The molecule has 0 saturated carbocycles. The number of aryl methyl sites for hydroxylation is 1. The number of carbonyl (C=O) groups is 2. The molecule has 0 aliphatic heterocycles. The van der Waals surface area contributed by atoms with Gasteiger partial charge in [0.25, 0.3) is 0 Å². The van der Waals surface area contributed by atoms with Gasteiger partial charge in [-0.25, -0.2) is 8.78 Å². The highest BCUT2D eigenvalue weighted by molar-refractivity contribution is 5.73. The maximum absolute atomic E-state index is 13.5. The van der Waals surface area contributed by atoms with Crippen molar-refractivity contribution in [3.05, 3.63) is 70.8 Å². The van der Waals surface area contributed by atoms with E-state index in [4.69, 9.17) is 0 Å². The van der Waals surface area contributed by atoms with Gasteiger partial charge in [-0.1, -0.05) is 31.2 Å². The molecule has 0 fully saturated rings. The van der Waals surface area contributed by atoms with Crippen molar-refractivity contribution in [1.82, 2.24) is 10.6 Å². The predicted molar refractivity (Wildman–Crippen MR) is 112 cm³/mol. The Labute approximate surface area is 180 Å². The van der Waals surface area contributed by atoms with Gasteiger partial charge in [0.15, 0.2) is 0 Å². The Hall–Kier alpha value is -2.84. The Kier molecular flexibility index (Phi) is 9.08. The number of amides is 1. The fraction of sp³-hybridized carbons (Fsp3) is 0.391. The van der Waals surface area contributed by atoms with E-state index in [1.807, 2.05) is 31.2 Å². The maximum atomic E-state index is 13.5. The van der Waals surface area contributed by atoms with Gasteiger partial charge in [0.2, 0.25) is 5.91 Å². The summed E-state index contributed by atoms with van der Waals surface area (Å²) in [5, 5.41) is 25.6. The summed E-state index contributed by atoms with van der Waals surface area (Å²) in [6.07, 6.45) is -0.516. The maximum Gasteiger partial charge on any atom is 0.305 e. The first-order valence-corrected chi connectivity index (χ1v) is 10.1. The van der Waals surface area contributed by atoms with Crippen molar-refractivity contribution in [3.63, 3.8) is 0 Å². The summed E-state index contributed by atoms with van der Waals surface area (Å²) in [6.45, 7) is 3.25. The van der Waals surface area contributed by atoms with Crippen LogP contribution in [0, 0.1) is 11.6 Å². The quantitative estimate of drug-likeness (QED) is 0.436. The number of nitrogens with one attached hydrogen (secondary N) is 2. The predicted octanol–water partition coefficient (Wildman–Crippen LogP) is 2.74. The summed E-state index contributed by atoms with van der Waals surface area (Å²) in [7, 11) is 0. The van der Waals surface area contributed by atoms with Gasteiger partial charge in [0.05, 0.1) is 18.6 Å². The highest BCUT2D eigenvalue weighted by Gasteiger charge is 2.24. The van der Waals surface area contributed by atoms with Crippen molar-refractivity contribution < 1.29 is 28.6 Å². The summed E-state index contributed by atoms with van der Waals surface area (Å²) in [5.74, 6) is -2.90. The molecule has 1 unspecified atom stereocenters. The number of aliphatic hydroxyl groups excluding tert-OH is 1. The fourth-order valence-corrected chi connectivity index (χ4v) is 3.44. The van der Waals surface area contributed by atoms with Crippen molar-refractivity contribution in [2.75, 3.05) is 6.54 Å². The molecule has 6 nitrogen and oxygen atoms in total. The monoisotopic (exact) mass is 434 g/mol. The van der Waals surface area contributed by atoms with E-state index < -0.39 is 41.7 Å². The molecule has 31 heavy (non-hydrogen) atoms. The lowest BCUT2D eigenvalue weighted by atomic mass is 9.98. The summed E-state index contributed by atoms with van der Waals surface area (Å²) in [4.78, 5) is 22.9.